The molecular formula is C14H9F6N3O3. The summed E-state index contributed by atoms with van der Waals surface area (Å²) in [4.78, 5) is 36.8. The molecule has 0 bridgehead atoms. The van der Waals surface area contributed by atoms with E-state index in [0.29, 0.717) is 22.8 Å². The number of anilines is 1. The van der Waals surface area contributed by atoms with Crippen LogP contribution in [0, 0.1) is 0 Å². The van der Waals surface area contributed by atoms with Gasteiger partial charge in [0.15, 0.2) is 0 Å². The standard InChI is InChI=1S/C14H9F6N3O3/c1-23-10(24)5-9(22-12(23)26)11(25)21-8-3-6(13(15,16)17)2-7(4-8)14(18,19)20/h2-5H,1H3,(H,21,25)(H,22,26). The number of hydrogen-bond donors (Lipinski definition) is 2. The van der Waals surface area contributed by atoms with E-state index in [2.05, 4.69) is 0 Å². The predicted octanol–water partition coefficient (Wildman–Crippen LogP) is 2.36. The molecule has 1 aromatic heterocycles. The van der Waals surface area contributed by atoms with Crippen LogP contribution in [0.3, 0.4) is 0 Å². The second-order valence-electron chi connectivity index (χ2n) is 5.13. The van der Waals surface area contributed by atoms with Crippen molar-refractivity contribution in [2.24, 2.45) is 7.05 Å². The molecule has 1 heterocycles. The molecule has 12 heteroatoms. The van der Waals surface area contributed by atoms with E-state index >= 15 is 0 Å². The number of H-pyrrole nitrogens is 1. The van der Waals surface area contributed by atoms with Gasteiger partial charge < -0.3 is 10.3 Å². The Labute approximate surface area is 140 Å². The summed E-state index contributed by atoms with van der Waals surface area (Å²) >= 11 is 0. The zero-order chi connectivity index (χ0) is 19.9. The van der Waals surface area contributed by atoms with Gasteiger partial charge in [-0.3, -0.25) is 14.2 Å². The number of amides is 1. The molecule has 6 nitrogen and oxygen atoms in total. The van der Waals surface area contributed by atoms with Gasteiger partial charge in [0.25, 0.3) is 11.5 Å². The Bertz CT molecular complexity index is 908. The van der Waals surface area contributed by atoms with Crippen LogP contribution in [0.25, 0.3) is 0 Å². The van der Waals surface area contributed by atoms with E-state index in [1.54, 1.807) is 5.32 Å². The van der Waals surface area contributed by atoms with Gasteiger partial charge in [-0.15, -0.1) is 0 Å². The van der Waals surface area contributed by atoms with Crippen LogP contribution in [0.2, 0.25) is 0 Å². The lowest BCUT2D eigenvalue weighted by Gasteiger charge is -2.14. The summed E-state index contributed by atoms with van der Waals surface area (Å²) in [6.07, 6.45) is -10.2. The Balaban J connectivity index is 2.47. The highest BCUT2D eigenvalue weighted by Gasteiger charge is 2.37. The van der Waals surface area contributed by atoms with E-state index in [4.69, 9.17) is 0 Å². The van der Waals surface area contributed by atoms with Crippen LogP contribution >= 0.6 is 0 Å². The van der Waals surface area contributed by atoms with Crippen LogP contribution in [-0.2, 0) is 19.4 Å². The van der Waals surface area contributed by atoms with E-state index in [-0.39, 0.29) is 6.07 Å². The number of alkyl halides is 6. The number of benzene rings is 1. The van der Waals surface area contributed by atoms with Crippen molar-refractivity contribution in [3.05, 3.63) is 61.9 Å². The van der Waals surface area contributed by atoms with Gasteiger partial charge >= 0.3 is 18.0 Å². The Hall–Kier alpha value is -3.05. The average Bonchev–Trinajstić information content (AvgIpc) is 2.50. The number of hydrogen-bond acceptors (Lipinski definition) is 3. The van der Waals surface area contributed by atoms with Crippen molar-refractivity contribution in [2.75, 3.05) is 5.32 Å². The van der Waals surface area contributed by atoms with Gasteiger partial charge in [0, 0.05) is 18.8 Å². The maximum Gasteiger partial charge on any atom is 0.416 e. The number of carbonyl (C=O) groups is 1. The Morgan fingerprint density at radius 1 is 0.962 bits per heavy atom. The van der Waals surface area contributed by atoms with Gasteiger partial charge in [-0.05, 0) is 18.2 Å². The van der Waals surface area contributed by atoms with E-state index in [1.807, 2.05) is 4.98 Å². The number of aromatic amines is 1. The molecule has 0 aliphatic heterocycles. The quantitative estimate of drug-likeness (QED) is 0.784. The first-order chi connectivity index (χ1) is 11.8. The van der Waals surface area contributed by atoms with E-state index < -0.39 is 52.0 Å². The third-order valence-corrected chi connectivity index (χ3v) is 3.23. The second-order valence-corrected chi connectivity index (χ2v) is 5.13. The third-order valence-electron chi connectivity index (χ3n) is 3.23. The first-order valence-corrected chi connectivity index (χ1v) is 6.70. The normalized spacial score (nSPS) is 12.1. The fourth-order valence-corrected chi connectivity index (χ4v) is 1.90. The zero-order valence-corrected chi connectivity index (χ0v) is 12.7. The number of nitrogens with one attached hydrogen (secondary N) is 2. The van der Waals surface area contributed by atoms with Crippen LogP contribution in [0.5, 0.6) is 0 Å². The highest BCUT2D eigenvalue weighted by atomic mass is 19.4. The molecule has 0 radical (unpaired) electrons. The largest absolute Gasteiger partial charge is 0.416 e. The summed E-state index contributed by atoms with van der Waals surface area (Å²) in [7, 11) is 1.10. The summed E-state index contributed by atoms with van der Waals surface area (Å²) in [5.41, 5.74) is -6.55. The highest BCUT2D eigenvalue weighted by molar-refractivity contribution is 6.02. The zero-order valence-electron chi connectivity index (χ0n) is 12.7. The number of nitrogens with zero attached hydrogens (tertiary/aromatic N) is 1. The summed E-state index contributed by atoms with van der Waals surface area (Å²) in [6.45, 7) is 0. The molecule has 2 aromatic rings. The summed E-state index contributed by atoms with van der Waals surface area (Å²) in [5.74, 6) is -1.26. The molecular weight excluding hydrogens is 372 g/mol. The topological polar surface area (TPSA) is 84.0 Å². The van der Waals surface area contributed by atoms with E-state index in [1.165, 1.54) is 0 Å². The number of aromatic nitrogens is 2. The Morgan fingerprint density at radius 2 is 1.46 bits per heavy atom. The number of halogens is 6. The molecule has 0 spiro atoms. The molecule has 140 valence electrons. The van der Waals surface area contributed by atoms with Gasteiger partial charge in [-0.2, -0.15) is 26.3 Å². The molecule has 2 N–H and O–H groups in total. The van der Waals surface area contributed by atoms with Gasteiger partial charge in [0.2, 0.25) is 0 Å². The van der Waals surface area contributed by atoms with E-state index in [0.717, 1.165) is 7.05 Å². The first-order valence-electron chi connectivity index (χ1n) is 6.70. The van der Waals surface area contributed by atoms with Crippen molar-refractivity contribution in [3.8, 4) is 0 Å². The van der Waals surface area contributed by atoms with Crippen LogP contribution in [0.15, 0.2) is 33.9 Å². The fourth-order valence-electron chi connectivity index (χ4n) is 1.90. The molecule has 2 rings (SSSR count). The van der Waals surface area contributed by atoms with Crippen molar-refractivity contribution >= 4 is 11.6 Å². The van der Waals surface area contributed by atoms with Crippen LogP contribution in [-0.4, -0.2) is 15.5 Å². The molecule has 0 aliphatic carbocycles. The lowest BCUT2D eigenvalue weighted by molar-refractivity contribution is -0.143. The van der Waals surface area contributed by atoms with Gasteiger partial charge in [-0.1, -0.05) is 0 Å². The molecule has 1 amide bonds. The van der Waals surface area contributed by atoms with Crippen molar-refractivity contribution in [1.29, 1.82) is 0 Å². The Kier molecular flexibility index (Phi) is 4.71. The SMILES string of the molecule is Cn1c(=O)cc(C(=O)Nc2cc(C(F)(F)F)cc(C(F)(F)F)c2)[nH]c1=O. The van der Waals surface area contributed by atoms with Crippen molar-refractivity contribution in [3.63, 3.8) is 0 Å². The summed E-state index contributed by atoms with van der Waals surface area (Å²) < 4.78 is 77.3. The fraction of sp³-hybridized carbons (Fsp3) is 0.214. The molecule has 0 fully saturated rings. The maximum absolute atomic E-state index is 12.8. The maximum atomic E-state index is 12.8. The third kappa shape index (κ3) is 4.13. The van der Waals surface area contributed by atoms with Gasteiger partial charge in [0.1, 0.15) is 5.69 Å². The monoisotopic (exact) mass is 381 g/mol. The van der Waals surface area contributed by atoms with E-state index in [9.17, 15) is 40.7 Å². The molecule has 0 atom stereocenters. The van der Waals surface area contributed by atoms with Gasteiger partial charge in [-0.25, -0.2) is 4.79 Å². The number of carbonyl (C=O) groups excluding carboxylic acids is 1. The minimum absolute atomic E-state index is 0.101. The smallest absolute Gasteiger partial charge is 0.321 e. The lowest BCUT2D eigenvalue weighted by Crippen LogP contribution is -2.34. The van der Waals surface area contributed by atoms with Crippen LogP contribution < -0.4 is 16.6 Å². The molecule has 0 saturated carbocycles. The molecule has 0 unspecified atom stereocenters. The minimum Gasteiger partial charge on any atom is -0.321 e. The number of rotatable bonds is 2. The lowest BCUT2D eigenvalue weighted by atomic mass is 10.1. The van der Waals surface area contributed by atoms with Gasteiger partial charge in [0.05, 0.1) is 11.1 Å². The summed E-state index contributed by atoms with van der Waals surface area (Å²) in [5, 5.41) is 1.80. The van der Waals surface area contributed by atoms with Crippen LogP contribution in [0.4, 0.5) is 32.0 Å². The first kappa shape index (κ1) is 19.3. The molecule has 0 aliphatic rings. The van der Waals surface area contributed by atoms with Crippen LogP contribution in [0.1, 0.15) is 21.6 Å². The predicted molar refractivity (Wildman–Crippen MR) is 76.7 cm³/mol. The second kappa shape index (κ2) is 6.35. The Morgan fingerprint density at radius 3 is 1.88 bits per heavy atom. The molecule has 26 heavy (non-hydrogen) atoms. The van der Waals surface area contributed by atoms with Crippen molar-refractivity contribution < 1.29 is 31.1 Å². The highest BCUT2D eigenvalue weighted by Crippen LogP contribution is 2.37. The summed E-state index contributed by atoms with van der Waals surface area (Å²) in [6, 6.07) is 1.17. The minimum atomic E-state index is -5.09. The van der Waals surface area contributed by atoms with Crippen molar-refractivity contribution in [2.45, 2.75) is 12.4 Å². The average molecular weight is 381 g/mol. The molecule has 1 aromatic carbocycles. The van der Waals surface area contributed by atoms with Crippen molar-refractivity contribution in [1.82, 2.24) is 9.55 Å². The molecule has 0 saturated heterocycles.